The third-order valence-corrected chi connectivity index (χ3v) is 7.94. The second kappa shape index (κ2) is 12.6. The summed E-state index contributed by atoms with van der Waals surface area (Å²) in [6, 6.07) is 10.8. The van der Waals surface area contributed by atoms with Gasteiger partial charge in [0.25, 0.3) is 0 Å². The Balaban J connectivity index is 2.34. The van der Waals surface area contributed by atoms with Gasteiger partial charge in [0.1, 0.15) is 17.4 Å². The van der Waals surface area contributed by atoms with Crippen LogP contribution >= 0.6 is 0 Å². The second-order valence-electron chi connectivity index (χ2n) is 7.01. The van der Waals surface area contributed by atoms with Gasteiger partial charge >= 0.3 is 8.80 Å². The molecule has 0 saturated heterocycles. The number of Topliss-reactive ketones (excluding diaryl/α,β-unsaturated/α-hetero) is 1. The quantitative estimate of drug-likeness (QED) is 0.172. The van der Waals surface area contributed by atoms with Crippen molar-refractivity contribution in [2.75, 3.05) is 19.8 Å². The Morgan fingerprint density at radius 1 is 0.812 bits per heavy atom. The first-order valence-corrected chi connectivity index (χ1v) is 12.7. The maximum Gasteiger partial charge on any atom is 0.500 e. The fourth-order valence-electron chi connectivity index (χ4n) is 3.38. The van der Waals surface area contributed by atoms with E-state index in [-0.39, 0.29) is 23.3 Å². The van der Waals surface area contributed by atoms with Crippen molar-refractivity contribution in [3.05, 3.63) is 76.9 Å². The van der Waals surface area contributed by atoms with Gasteiger partial charge in [-0.05, 0) is 82.1 Å². The van der Waals surface area contributed by atoms with Gasteiger partial charge in [-0.15, -0.1) is 0 Å². The van der Waals surface area contributed by atoms with E-state index in [4.69, 9.17) is 13.3 Å². The van der Waals surface area contributed by atoms with E-state index >= 15 is 0 Å². The first-order valence-electron chi connectivity index (χ1n) is 10.8. The van der Waals surface area contributed by atoms with E-state index in [1.807, 2.05) is 20.8 Å². The number of hydrogen-bond donors (Lipinski definition) is 1. The molecule has 0 atom stereocenters. The molecule has 32 heavy (non-hydrogen) atoms. The number of benzene rings is 2. The number of carbonyl (C=O) groups excluding carboxylic acids is 1. The summed E-state index contributed by atoms with van der Waals surface area (Å²) in [6.45, 7) is 6.90. The molecular weight excluding hydrogens is 434 g/mol. The van der Waals surface area contributed by atoms with Crippen molar-refractivity contribution in [1.29, 1.82) is 0 Å². The topological polar surface area (TPSA) is 65.0 Å². The van der Waals surface area contributed by atoms with Crippen LogP contribution in [0.4, 0.5) is 8.78 Å². The van der Waals surface area contributed by atoms with E-state index in [9.17, 15) is 18.7 Å². The number of allylic oxidation sites excluding steroid dienone is 1. The van der Waals surface area contributed by atoms with Crippen molar-refractivity contribution in [2.24, 2.45) is 0 Å². The second-order valence-corrected chi connectivity index (χ2v) is 9.74. The van der Waals surface area contributed by atoms with Gasteiger partial charge in [0.2, 0.25) is 0 Å². The molecule has 5 nitrogen and oxygen atoms in total. The molecule has 2 rings (SSSR count). The van der Waals surface area contributed by atoms with Gasteiger partial charge in [-0.3, -0.25) is 4.79 Å². The molecule has 0 radical (unpaired) electrons. The van der Waals surface area contributed by atoms with Crippen LogP contribution < -0.4 is 0 Å². The molecule has 0 aliphatic carbocycles. The Hall–Kier alpha value is -2.39. The van der Waals surface area contributed by atoms with Gasteiger partial charge in [0, 0.05) is 42.6 Å². The van der Waals surface area contributed by atoms with Crippen molar-refractivity contribution in [3.63, 3.8) is 0 Å². The molecular formula is C24H30F2O5Si. The van der Waals surface area contributed by atoms with E-state index in [0.29, 0.717) is 37.8 Å². The van der Waals surface area contributed by atoms with Crippen LogP contribution in [-0.2, 0) is 13.3 Å². The Morgan fingerprint density at radius 3 is 1.69 bits per heavy atom. The van der Waals surface area contributed by atoms with Crippen molar-refractivity contribution in [3.8, 4) is 0 Å². The van der Waals surface area contributed by atoms with E-state index in [2.05, 4.69) is 0 Å². The molecule has 0 aromatic heterocycles. The molecule has 0 unspecified atom stereocenters. The predicted molar refractivity (Wildman–Crippen MR) is 121 cm³/mol. The Kier molecular flexibility index (Phi) is 10.2. The lowest BCUT2D eigenvalue weighted by molar-refractivity contribution is 0.0707. The molecule has 0 amide bonds. The van der Waals surface area contributed by atoms with Crippen LogP contribution in [0.2, 0.25) is 6.04 Å². The zero-order chi connectivity index (χ0) is 23.6. The van der Waals surface area contributed by atoms with Gasteiger partial charge in [0.05, 0.1) is 0 Å². The Labute approximate surface area is 189 Å². The molecule has 0 aliphatic rings. The fourth-order valence-corrected chi connectivity index (χ4v) is 5.99. The smallest absolute Gasteiger partial charge is 0.500 e. The molecule has 2 aromatic rings. The largest absolute Gasteiger partial charge is 0.507 e. The highest BCUT2D eigenvalue weighted by Gasteiger charge is 2.40. The summed E-state index contributed by atoms with van der Waals surface area (Å²) < 4.78 is 44.2. The van der Waals surface area contributed by atoms with E-state index in [0.717, 1.165) is 0 Å². The molecule has 8 heteroatoms. The summed E-state index contributed by atoms with van der Waals surface area (Å²) in [5, 5.41) is 10.9. The molecule has 0 bridgehead atoms. The molecule has 0 aliphatic heterocycles. The number of ketones is 1. The molecule has 0 saturated carbocycles. The van der Waals surface area contributed by atoms with Crippen LogP contribution in [0.1, 0.15) is 49.5 Å². The van der Waals surface area contributed by atoms with Gasteiger partial charge in [0.15, 0.2) is 5.78 Å². The SMILES string of the molecule is CCO[Si](CCC/C(C(=O)c1ccc(F)cc1)=C(/O)c1ccc(F)cc1)(OCC)OCC. The molecule has 0 heterocycles. The lowest BCUT2D eigenvalue weighted by atomic mass is 9.96. The number of rotatable bonds is 13. The van der Waals surface area contributed by atoms with E-state index in [1.165, 1.54) is 48.5 Å². The standard InChI is InChI=1S/C24H30F2O5Si/c1-4-29-32(30-5-2,31-6-3)17-7-8-22(23(27)18-9-13-20(25)14-10-18)24(28)19-11-15-21(26)16-12-19/h9-16,27H,4-8,17H2,1-3H3/b23-22-. The van der Waals surface area contributed by atoms with Crippen LogP contribution in [0.25, 0.3) is 5.76 Å². The van der Waals surface area contributed by atoms with Crippen LogP contribution in [0.15, 0.2) is 54.1 Å². The van der Waals surface area contributed by atoms with Crippen molar-refractivity contribution in [2.45, 2.75) is 39.7 Å². The summed E-state index contributed by atoms with van der Waals surface area (Å²) in [5.74, 6) is -1.58. The number of hydrogen-bond acceptors (Lipinski definition) is 5. The highest BCUT2D eigenvalue weighted by atomic mass is 28.4. The number of carbonyl (C=O) groups is 1. The van der Waals surface area contributed by atoms with E-state index < -0.39 is 26.2 Å². The highest BCUT2D eigenvalue weighted by molar-refractivity contribution is 6.60. The zero-order valence-corrected chi connectivity index (χ0v) is 19.7. The first-order chi connectivity index (χ1) is 15.4. The number of aliphatic hydroxyl groups is 1. The minimum absolute atomic E-state index is 0.149. The minimum atomic E-state index is -2.92. The molecule has 1 N–H and O–H groups in total. The van der Waals surface area contributed by atoms with E-state index in [1.54, 1.807) is 0 Å². The highest BCUT2D eigenvalue weighted by Crippen LogP contribution is 2.27. The average molecular weight is 465 g/mol. The number of halogens is 2. The maximum atomic E-state index is 13.3. The van der Waals surface area contributed by atoms with Crippen LogP contribution in [0.5, 0.6) is 0 Å². The van der Waals surface area contributed by atoms with Gasteiger partial charge in [-0.2, -0.15) is 0 Å². The predicted octanol–water partition coefficient (Wildman–Crippen LogP) is 5.95. The summed E-state index contributed by atoms with van der Waals surface area (Å²) in [7, 11) is -2.92. The monoisotopic (exact) mass is 464 g/mol. The zero-order valence-electron chi connectivity index (χ0n) is 18.7. The molecule has 174 valence electrons. The van der Waals surface area contributed by atoms with Gasteiger partial charge in [-0.25, -0.2) is 8.78 Å². The summed E-state index contributed by atoms with van der Waals surface area (Å²) in [5.41, 5.74) is 0.716. The Bertz CT molecular complexity index is 881. The Morgan fingerprint density at radius 2 is 1.25 bits per heavy atom. The average Bonchev–Trinajstić information content (AvgIpc) is 2.77. The normalized spacial score (nSPS) is 12.5. The first kappa shape index (κ1) is 25.9. The summed E-state index contributed by atoms with van der Waals surface area (Å²) >= 11 is 0. The van der Waals surface area contributed by atoms with Gasteiger partial charge < -0.3 is 18.4 Å². The van der Waals surface area contributed by atoms with Gasteiger partial charge in [-0.1, -0.05) is 0 Å². The van der Waals surface area contributed by atoms with Crippen molar-refractivity contribution in [1.82, 2.24) is 0 Å². The molecule has 2 aromatic carbocycles. The summed E-state index contributed by atoms with van der Waals surface area (Å²) in [6.07, 6.45) is 0.668. The van der Waals surface area contributed by atoms with Crippen LogP contribution in [-0.4, -0.2) is 39.5 Å². The third kappa shape index (κ3) is 7.06. The van der Waals surface area contributed by atoms with Crippen molar-refractivity contribution >= 4 is 20.3 Å². The summed E-state index contributed by atoms with van der Waals surface area (Å²) in [4.78, 5) is 13.2. The van der Waals surface area contributed by atoms with Crippen LogP contribution in [0.3, 0.4) is 0 Å². The lowest BCUT2D eigenvalue weighted by Gasteiger charge is -2.28. The van der Waals surface area contributed by atoms with Crippen LogP contribution in [0, 0.1) is 11.6 Å². The molecule has 0 spiro atoms. The fraction of sp³-hybridized carbons (Fsp3) is 0.375. The lowest BCUT2D eigenvalue weighted by Crippen LogP contribution is -2.45. The molecule has 0 fully saturated rings. The third-order valence-electron chi connectivity index (χ3n) is 4.79. The van der Waals surface area contributed by atoms with Crippen molar-refractivity contribution < 1.29 is 32.0 Å². The minimum Gasteiger partial charge on any atom is -0.507 e. The maximum absolute atomic E-state index is 13.3. The number of aliphatic hydroxyl groups excluding tert-OH is 1.